The van der Waals surface area contributed by atoms with Gasteiger partial charge in [-0.15, -0.1) is 0 Å². The number of aryl methyl sites for hydroxylation is 1. The number of fused-ring (bicyclic) bond motifs is 3. The van der Waals surface area contributed by atoms with Gasteiger partial charge in [0.05, 0.1) is 30.5 Å². The van der Waals surface area contributed by atoms with Gasteiger partial charge in [-0.25, -0.2) is 13.8 Å². The van der Waals surface area contributed by atoms with Crippen molar-refractivity contribution in [1.82, 2.24) is 19.4 Å². The van der Waals surface area contributed by atoms with E-state index in [-0.39, 0.29) is 23.0 Å². The van der Waals surface area contributed by atoms with Gasteiger partial charge < -0.3 is 34.5 Å². The van der Waals surface area contributed by atoms with E-state index in [1.54, 1.807) is 30.1 Å². The first-order valence-corrected chi connectivity index (χ1v) is 11.5. The summed E-state index contributed by atoms with van der Waals surface area (Å²) in [6.45, 7) is -0.234. The van der Waals surface area contributed by atoms with Crippen LogP contribution in [0, 0.1) is 0 Å². The minimum atomic E-state index is -3.13. The first kappa shape index (κ1) is 25.6. The van der Waals surface area contributed by atoms with Gasteiger partial charge >= 0.3 is 0 Å². The van der Waals surface area contributed by atoms with E-state index in [1.807, 2.05) is 19.0 Å². The predicted molar refractivity (Wildman–Crippen MR) is 135 cm³/mol. The molecule has 36 heavy (non-hydrogen) atoms. The summed E-state index contributed by atoms with van der Waals surface area (Å²) >= 11 is 6.34. The van der Waals surface area contributed by atoms with E-state index < -0.39 is 24.6 Å². The molecule has 1 aromatic carbocycles. The van der Waals surface area contributed by atoms with Crippen LogP contribution in [0.2, 0.25) is 5.02 Å². The zero-order chi connectivity index (χ0) is 26.0. The lowest BCUT2D eigenvalue weighted by atomic mass is 10.1. The average molecular weight is 522 g/mol. The number of ether oxygens (including phenoxy) is 1. The number of halogens is 3. The van der Waals surface area contributed by atoms with Crippen molar-refractivity contribution in [2.24, 2.45) is 7.05 Å². The van der Waals surface area contributed by atoms with E-state index >= 15 is 0 Å². The number of nitrogens with zero attached hydrogens (tertiary/aromatic N) is 5. The lowest BCUT2D eigenvalue weighted by Gasteiger charge is -2.22. The molecule has 0 spiro atoms. The van der Waals surface area contributed by atoms with E-state index in [9.17, 15) is 18.4 Å². The molecule has 0 bridgehead atoms. The summed E-state index contributed by atoms with van der Waals surface area (Å²) in [5, 5.41) is 6.56. The number of hydrogen-bond donors (Lipinski definition) is 2. The largest absolute Gasteiger partial charge is 0.480 e. The van der Waals surface area contributed by atoms with Crippen LogP contribution in [0.1, 0.15) is 0 Å². The Kier molecular flexibility index (Phi) is 7.27. The van der Waals surface area contributed by atoms with Crippen molar-refractivity contribution in [3.05, 3.63) is 39.8 Å². The third-order valence-corrected chi connectivity index (χ3v) is 5.97. The van der Waals surface area contributed by atoms with Gasteiger partial charge in [0.2, 0.25) is 11.7 Å². The number of carbonyl (C=O) groups is 1. The molecule has 0 radical (unpaired) electrons. The van der Waals surface area contributed by atoms with Gasteiger partial charge in [-0.2, -0.15) is 4.98 Å². The molecule has 2 aromatic heterocycles. The summed E-state index contributed by atoms with van der Waals surface area (Å²) in [6.07, 6.45) is 2.21. The molecule has 0 saturated carbocycles. The van der Waals surface area contributed by atoms with E-state index in [0.29, 0.717) is 41.4 Å². The molecular weight excluding hydrogens is 496 g/mol. The molecule has 0 atom stereocenters. The maximum atomic E-state index is 14.0. The molecule has 13 heteroatoms. The van der Waals surface area contributed by atoms with Crippen LogP contribution in [0.15, 0.2) is 29.2 Å². The number of nitrogens with one attached hydrogen (secondary N) is 2. The Hall–Kier alpha value is -3.51. The first-order chi connectivity index (χ1) is 17.1. The summed E-state index contributed by atoms with van der Waals surface area (Å²) in [5.41, 5.74) is 0.757. The van der Waals surface area contributed by atoms with E-state index in [2.05, 4.69) is 20.6 Å². The number of carbonyl (C=O) groups excluding carboxylic acids is 1. The minimum Gasteiger partial charge on any atom is -0.480 e. The van der Waals surface area contributed by atoms with Gasteiger partial charge in [-0.1, -0.05) is 11.6 Å². The average Bonchev–Trinajstić information content (AvgIpc) is 3.00. The van der Waals surface area contributed by atoms with Crippen molar-refractivity contribution in [2.45, 2.75) is 5.92 Å². The molecule has 3 heterocycles. The highest BCUT2D eigenvalue weighted by molar-refractivity contribution is 6.33. The number of aldehydes is 1. The molecule has 0 unspecified atom stereocenters. The minimum absolute atomic E-state index is 0.112. The van der Waals surface area contributed by atoms with Crippen molar-refractivity contribution in [3.8, 4) is 5.75 Å². The fourth-order valence-electron chi connectivity index (χ4n) is 3.77. The summed E-state index contributed by atoms with van der Waals surface area (Å²) < 4.78 is 34.5. The topological polar surface area (TPSA) is 105 Å². The second-order valence-corrected chi connectivity index (χ2v) is 9.11. The Morgan fingerprint density at radius 2 is 2.11 bits per heavy atom. The fourth-order valence-corrected chi connectivity index (χ4v) is 3.91. The number of pyridine rings is 1. The molecule has 0 saturated heterocycles. The molecule has 1 aliphatic heterocycles. The molecular formula is C23H26ClF2N7O3. The maximum absolute atomic E-state index is 14.0. The Labute approximate surface area is 210 Å². The zero-order valence-electron chi connectivity index (χ0n) is 20.0. The van der Waals surface area contributed by atoms with Crippen molar-refractivity contribution in [1.29, 1.82) is 0 Å². The molecule has 0 aliphatic carbocycles. The number of likely N-dealkylation sites (N-methyl/N-ethyl adjacent to an activating group) is 1. The van der Waals surface area contributed by atoms with Crippen LogP contribution in [-0.2, 0) is 11.8 Å². The predicted octanol–water partition coefficient (Wildman–Crippen LogP) is 2.73. The molecule has 0 amide bonds. The van der Waals surface area contributed by atoms with Crippen molar-refractivity contribution in [3.63, 3.8) is 0 Å². The summed E-state index contributed by atoms with van der Waals surface area (Å²) in [6, 6.07) is 5.10. The molecule has 2 N–H and O–H groups in total. The monoisotopic (exact) mass is 521 g/mol. The van der Waals surface area contributed by atoms with Crippen molar-refractivity contribution in [2.75, 3.05) is 62.4 Å². The summed E-state index contributed by atoms with van der Waals surface area (Å²) in [4.78, 5) is 36.4. The molecule has 0 fully saturated rings. The van der Waals surface area contributed by atoms with Crippen molar-refractivity contribution < 1.29 is 18.3 Å². The second kappa shape index (κ2) is 10.2. The number of alkyl halides is 2. The fraction of sp³-hybridized carbons (Fsp3) is 0.391. The van der Waals surface area contributed by atoms with Gasteiger partial charge in [-0.05, 0) is 32.3 Å². The number of aromatic nitrogens is 3. The van der Waals surface area contributed by atoms with Gasteiger partial charge in [0, 0.05) is 31.2 Å². The smallest absolute Gasteiger partial charge is 0.298 e. The highest BCUT2D eigenvalue weighted by Gasteiger charge is 2.35. The zero-order valence-corrected chi connectivity index (χ0v) is 20.8. The highest BCUT2D eigenvalue weighted by Crippen LogP contribution is 2.36. The van der Waals surface area contributed by atoms with Crippen LogP contribution in [0.25, 0.3) is 10.9 Å². The first-order valence-electron chi connectivity index (χ1n) is 11.1. The van der Waals surface area contributed by atoms with Gasteiger partial charge in [0.25, 0.3) is 11.5 Å². The van der Waals surface area contributed by atoms with Gasteiger partial charge in [-0.3, -0.25) is 4.79 Å². The van der Waals surface area contributed by atoms with Gasteiger partial charge in [0.1, 0.15) is 11.3 Å². The Bertz CT molecular complexity index is 1350. The molecule has 192 valence electrons. The van der Waals surface area contributed by atoms with E-state index in [0.717, 1.165) is 6.29 Å². The van der Waals surface area contributed by atoms with Crippen LogP contribution >= 0.6 is 11.6 Å². The van der Waals surface area contributed by atoms with E-state index in [4.69, 9.17) is 16.3 Å². The molecule has 10 nitrogen and oxygen atoms in total. The van der Waals surface area contributed by atoms with E-state index in [1.165, 1.54) is 10.8 Å². The van der Waals surface area contributed by atoms with Crippen LogP contribution < -0.4 is 25.8 Å². The standard InChI is InChI=1S/C23H26ClF2N7O3/c1-31(2)6-7-33(8-9-34)22-27-11-16(24)20(30-22)29-14-4-5-17-15(10-14)18-19(21(35)32(17)3)36-13-23(25,26)12-28-18/h4-5,9-11,28H,6-8,12-13H2,1-3H3,(H,27,29,30). The quantitative estimate of drug-likeness (QED) is 0.433. The Morgan fingerprint density at radius 3 is 2.83 bits per heavy atom. The lowest BCUT2D eigenvalue weighted by molar-refractivity contribution is -0.106. The highest BCUT2D eigenvalue weighted by atomic mass is 35.5. The second-order valence-electron chi connectivity index (χ2n) is 8.71. The maximum Gasteiger partial charge on any atom is 0.298 e. The summed E-state index contributed by atoms with van der Waals surface area (Å²) in [5.74, 6) is -2.66. The molecule has 3 aromatic rings. The number of benzene rings is 1. The summed E-state index contributed by atoms with van der Waals surface area (Å²) in [7, 11) is 5.39. The van der Waals surface area contributed by atoms with Crippen LogP contribution in [0.3, 0.4) is 0 Å². The normalized spacial score (nSPS) is 14.5. The Balaban J connectivity index is 1.71. The Morgan fingerprint density at radius 1 is 1.33 bits per heavy atom. The van der Waals surface area contributed by atoms with Crippen molar-refractivity contribution >= 4 is 51.9 Å². The third-order valence-electron chi connectivity index (χ3n) is 5.69. The van der Waals surface area contributed by atoms with Gasteiger partial charge in [0.15, 0.2) is 12.4 Å². The van der Waals surface area contributed by atoms with Crippen LogP contribution in [-0.4, -0.2) is 78.5 Å². The lowest BCUT2D eigenvalue weighted by Crippen LogP contribution is -2.34. The molecule has 1 aliphatic rings. The molecule has 4 rings (SSSR count). The number of hydrogen-bond acceptors (Lipinski definition) is 9. The third kappa shape index (κ3) is 5.34. The SMILES string of the molecule is CN(C)CCN(CC=O)c1ncc(Cl)c(Nc2ccc3c(c2)c2c(c(=O)n3C)OCC(F)(F)CN2)n1. The number of anilines is 4. The number of rotatable bonds is 8. The van der Waals surface area contributed by atoms with Crippen LogP contribution in [0.4, 0.5) is 31.9 Å². The van der Waals surface area contributed by atoms with Crippen LogP contribution in [0.5, 0.6) is 5.75 Å².